The standard InChI is InChI=1S/C15H22N2O2/c16-14(13-4-2-1-3-5-13)10-17-15(18)7-6-12-8-9-19-11-12/h1-5,12,14H,6-11,16H2,(H,17,18). The van der Waals surface area contributed by atoms with Crippen LogP contribution in [-0.2, 0) is 9.53 Å². The van der Waals surface area contributed by atoms with Gasteiger partial charge in [-0.15, -0.1) is 0 Å². The molecule has 0 radical (unpaired) electrons. The Morgan fingerprint density at radius 3 is 2.89 bits per heavy atom. The number of ether oxygens (including phenoxy) is 1. The largest absolute Gasteiger partial charge is 0.381 e. The first-order valence-electron chi connectivity index (χ1n) is 6.90. The predicted molar refractivity (Wildman–Crippen MR) is 74.5 cm³/mol. The van der Waals surface area contributed by atoms with E-state index in [1.54, 1.807) is 0 Å². The second-order valence-electron chi connectivity index (χ2n) is 5.09. The molecule has 3 N–H and O–H groups in total. The molecule has 4 heteroatoms. The molecule has 0 saturated carbocycles. The number of carbonyl (C=O) groups is 1. The number of hydrogen-bond acceptors (Lipinski definition) is 3. The maximum Gasteiger partial charge on any atom is 0.220 e. The van der Waals surface area contributed by atoms with Crippen LogP contribution in [0.4, 0.5) is 0 Å². The van der Waals surface area contributed by atoms with Crippen LogP contribution in [0.5, 0.6) is 0 Å². The Hall–Kier alpha value is -1.39. The van der Waals surface area contributed by atoms with Crippen molar-refractivity contribution in [2.24, 2.45) is 11.7 Å². The maximum absolute atomic E-state index is 11.7. The normalized spacial score (nSPS) is 20.2. The highest BCUT2D eigenvalue weighted by molar-refractivity contribution is 5.75. The quantitative estimate of drug-likeness (QED) is 0.819. The number of nitrogens with two attached hydrogens (primary N) is 1. The Morgan fingerprint density at radius 1 is 1.42 bits per heavy atom. The van der Waals surface area contributed by atoms with Crippen LogP contribution in [0.1, 0.15) is 30.9 Å². The molecule has 1 aliphatic rings. The van der Waals surface area contributed by atoms with Gasteiger partial charge in [-0.05, 0) is 24.3 Å². The number of nitrogens with one attached hydrogen (secondary N) is 1. The van der Waals surface area contributed by atoms with Crippen molar-refractivity contribution >= 4 is 5.91 Å². The van der Waals surface area contributed by atoms with Crippen molar-refractivity contribution in [3.63, 3.8) is 0 Å². The van der Waals surface area contributed by atoms with Gasteiger partial charge >= 0.3 is 0 Å². The molecule has 1 saturated heterocycles. The summed E-state index contributed by atoms with van der Waals surface area (Å²) in [7, 11) is 0. The Bertz CT molecular complexity index is 388. The molecule has 1 heterocycles. The van der Waals surface area contributed by atoms with E-state index in [2.05, 4.69) is 5.32 Å². The monoisotopic (exact) mass is 262 g/mol. The van der Waals surface area contributed by atoms with Crippen LogP contribution in [0.25, 0.3) is 0 Å². The maximum atomic E-state index is 11.7. The Morgan fingerprint density at radius 2 is 2.21 bits per heavy atom. The Labute approximate surface area is 114 Å². The summed E-state index contributed by atoms with van der Waals surface area (Å²) in [5, 5.41) is 2.90. The van der Waals surface area contributed by atoms with Gasteiger partial charge in [0.1, 0.15) is 0 Å². The molecule has 1 aliphatic heterocycles. The molecule has 19 heavy (non-hydrogen) atoms. The average molecular weight is 262 g/mol. The lowest BCUT2D eigenvalue weighted by Crippen LogP contribution is -2.32. The molecule has 0 aliphatic carbocycles. The smallest absolute Gasteiger partial charge is 0.220 e. The van der Waals surface area contributed by atoms with Crippen molar-refractivity contribution in [1.82, 2.24) is 5.32 Å². The summed E-state index contributed by atoms with van der Waals surface area (Å²) < 4.78 is 5.29. The zero-order valence-electron chi connectivity index (χ0n) is 11.2. The lowest BCUT2D eigenvalue weighted by Gasteiger charge is -2.13. The van der Waals surface area contributed by atoms with Gasteiger partial charge in [-0.25, -0.2) is 0 Å². The van der Waals surface area contributed by atoms with Crippen molar-refractivity contribution in [3.05, 3.63) is 35.9 Å². The SMILES string of the molecule is NC(CNC(=O)CCC1CCOC1)c1ccccc1. The predicted octanol–water partition coefficient (Wildman–Crippen LogP) is 1.62. The summed E-state index contributed by atoms with van der Waals surface area (Å²) >= 11 is 0. The number of benzene rings is 1. The third-order valence-corrected chi connectivity index (χ3v) is 3.55. The van der Waals surface area contributed by atoms with Gasteiger partial charge in [0.2, 0.25) is 5.91 Å². The summed E-state index contributed by atoms with van der Waals surface area (Å²) in [6.07, 6.45) is 2.55. The molecule has 0 spiro atoms. The van der Waals surface area contributed by atoms with Crippen molar-refractivity contribution in [3.8, 4) is 0 Å². The van der Waals surface area contributed by atoms with E-state index in [9.17, 15) is 4.79 Å². The average Bonchev–Trinajstić information content (AvgIpc) is 2.96. The molecular weight excluding hydrogens is 240 g/mol. The second-order valence-corrected chi connectivity index (χ2v) is 5.09. The number of rotatable bonds is 6. The lowest BCUT2D eigenvalue weighted by atomic mass is 10.0. The van der Waals surface area contributed by atoms with Crippen molar-refractivity contribution in [2.45, 2.75) is 25.3 Å². The first kappa shape index (κ1) is 14.0. The lowest BCUT2D eigenvalue weighted by molar-refractivity contribution is -0.121. The Balaban J connectivity index is 1.65. The van der Waals surface area contributed by atoms with Gasteiger partial charge in [0.05, 0.1) is 0 Å². The topological polar surface area (TPSA) is 64.3 Å². The zero-order chi connectivity index (χ0) is 13.5. The van der Waals surface area contributed by atoms with Crippen LogP contribution in [0.3, 0.4) is 0 Å². The third-order valence-electron chi connectivity index (χ3n) is 3.55. The summed E-state index contributed by atoms with van der Waals surface area (Å²) in [5.41, 5.74) is 7.08. The van der Waals surface area contributed by atoms with Gasteiger partial charge in [0.15, 0.2) is 0 Å². The fourth-order valence-electron chi connectivity index (χ4n) is 2.28. The molecule has 1 aromatic carbocycles. The highest BCUT2D eigenvalue weighted by Crippen LogP contribution is 2.17. The minimum atomic E-state index is -0.139. The van der Waals surface area contributed by atoms with E-state index in [4.69, 9.17) is 10.5 Å². The molecule has 4 nitrogen and oxygen atoms in total. The van der Waals surface area contributed by atoms with Crippen molar-refractivity contribution in [1.29, 1.82) is 0 Å². The minimum absolute atomic E-state index is 0.0817. The van der Waals surface area contributed by atoms with E-state index in [0.29, 0.717) is 18.9 Å². The van der Waals surface area contributed by atoms with Crippen LogP contribution >= 0.6 is 0 Å². The van der Waals surface area contributed by atoms with Gasteiger partial charge in [-0.1, -0.05) is 30.3 Å². The molecule has 1 aromatic rings. The molecule has 2 rings (SSSR count). The molecule has 0 bridgehead atoms. The first-order valence-corrected chi connectivity index (χ1v) is 6.90. The zero-order valence-corrected chi connectivity index (χ0v) is 11.2. The van der Waals surface area contributed by atoms with Crippen LogP contribution in [0, 0.1) is 5.92 Å². The van der Waals surface area contributed by atoms with E-state index in [0.717, 1.165) is 31.6 Å². The van der Waals surface area contributed by atoms with Crippen LogP contribution in [0.2, 0.25) is 0 Å². The minimum Gasteiger partial charge on any atom is -0.381 e. The number of hydrogen-bond donors (Lipinski definition) is 2. The second kappa shape index (κ2) is 7.26. The molecule has 1 amide bonds. The third kappa shape index (κ3) is 4.65. The van der Waals surface area contributed by atoms with E-state index in [1.165, 1.54) is 0 Å². The fourth-order valence-corrected chi connectivity index (χ4v) is 2.28. The van der Waals surface area contributed by atoms with Gasteiger partial charge in [-0.3, -0.25) is 4.79 Å². The molecule has 2 unspecified atom stereocenters. The van der Waals surface area contributed by atoms with Crippen LogP contribution in [-0.4, -0.2) is 25.7 Å². The first-order chi connectivity index (χ1) is 9.25. The van der Waals surface area contributed by atoms with Crippen molar-refractivity contribution < 1.29 is 9.53 Å². The molecule has 0 aromatic heterocycles. The molecular formula is C15H22N2O2. The Kier molecular flexibility index (Phi) is 5.36. The van der Waals surface area contributed by atoms with Gasteiger partial charge < -0.3 is 15.8 Å². The summed E-state index contributed by atoms with van der Waals surface area (Å²) in [6, 6.07) is 9.69. The molecule has 1 fully saturated rings. The molecule has 104 valence electrons. The van der Waals surface area contributed by atoms with E-state index in [-0.39, 0.29) is 11.9 Å². The molecule has 2 atom stereocenters. The van der Waals surface area contributed by atoms with Gasteiger partial charge in [-0.2, -0.15) is 0 Å². The number of amides is 1. The highest BCUT2D eigenvalue weighted by Gasteiger charge is 2.17. The summed E-state index contributed by atoms with van der Waals surface area (Å²) in [6.45, 7) is 2.13. The van der Waals surface area contributed by atoms with E-state index < -0.39 is 0 Å². The van der Waals surface area contributed by atoms with Gasteiger partial charge in [0, 0.05) is 32.2 Å². The number of carbonyl (C=O) groups excluding carboxylic acids is 1. The highest BCUT2D eigenvalue weighted by atomic mass is 16.5. The van der Waals surface area contributed by atoms with Crippen molar-refractivity contribution in [2.75, 3.05) is 19.8 Å². The van der Waals surface area contributed by atoms with Crippen LogP contribution in [0.15, 0.2) is 30.3 Å². The summed E-state index contributed by atoms with van der Waals surface area (Å²) in [4.78, 5) is 11.7. The summed E-state index contributed by atoms with van der Waals surface area (Å²) in [5.74, 6) is 0.631. The van der Waals surface area contributed by atoms with E-state index in [1.807, 2.05) is 30.3 Å². The fraction of sp³-hybridized carbons (Fsp3) is 0.533. The van der Waals surface area contributed by atoms with E-state index >= 15 is 0 Å². The van der Waals surface area contributed by atoms with Gasteiger partial charge in [0.25, 0.3) is 0 Å². The van der Waals surface area contributed by atoms with Crippen LogP contribution < -0.4 is 11.1 Å².